The lowest BCUT2D eigenvalue weighted by atomic mass is 10.0. The fraction of sp³-hybridized carbons (Fsp3) is 0.111. The Kier molecular flexibility index (Phi) is 5.10. The van der Waals surface area contributed by atoms with Crippen LogP contribution in [0.1, 0.15) is 13.8 Å². The average Bonchev–Trinajstić information content (AvgIpc) is 3.46. The van der Waals surface area contributed by atoms with E-state index in [1.54, 1.807) is 18.6 Å². The Bertz CT molecular complexity index is 1720. The first-order valence-corrected chi connectivity index (χ1v) is 11.5. The lowest BCUT2D eigenvalue weighted by Crippen LogP contribution is -2.09. The number of rotatable bonds is 5. The molecule has 0 fully saturated rings. The van der Waals surface area contributed by atoms with Crippen LogP contribution in [0.3, 0.4) is 0 Å². The van der Waals surface area contributed by atoms with Crippen molar-refractivity contribution in [1.29, 1.82) is 0 Å². The van der Waals surface area contributed by atoms with Gasteiger partial charge >= 0.3 is 0 Å². The Morgan fingerprint density at radius 2 is 1.86 bits per heavy atom. The highest BCUT2D eigenvalue weighted by molar-refractivity contribution is 5.98. The number of hydrogen-bond donors (Lipinski definition) is 4. The van der Waals surface area contributed by atoms with Gasteiger partial charge < -0.3 is 15.4 Å². The Morgan fingerprint density at radius 3 is 2.69 bits per heavy atom. The van der Waals surface area contributed by atoms with Gasteiger partial charge in [-0.05, 0) is 49.7 Å². The highest BCUT2D eigenvalue weighted by Gasteiger charge is 2.17. The average molecular weight is 480 g/mol. The van der Waals surface area contributed by atoms with Crippen LogP contribution >= 0.6 is 0 Å². The van der Waals surface area contributed by atoms with E-state index < -0.39 is 5.82 Å². The molecule has 9 heteroatoms. The van der Waals surface area contributed by atoms with Gasteiger partial charge in [0.1, 0.15) is 17.3 Å². The van der Waals surface area contributed by atoms with Crippen LogP contribution in [0, 0.1) is 5.82 Å². The van der Waals surface area contributed by atoms with Crippen LogP contribution in [-0.4, -0.2) is 41.3 Å². The monoisotopic (exact) mass is 479 g/mol. The quantitative estimate of drug-likeness (QED) is 0.245. The number of para-hydroxylation sites is 1. The number of benzene rings is 2. The summed E-state index contributed by atoms with van der Waals surface area (Å²) >= 11 is 0. The van der Waals surface area contributed by atoms with E-state index in [0.29, 0.717) is 28.2 Å². The standard InChI is InChI=1S/C27H22FN7O/c1-14(2)31-18-7-16(11-29-12-18)23-10-21-24(13-30-23)34-35-26(21)27-32-22-5-3-4-20(25(22)33-27)15-6-17(28)9-19(36)8-15/h3-14,31,36H,1-2H3,(H,32,33)(H,34,35). The maximum atomic E-state index is 14.0. The number of hydrogen-bond acceptors (Lipinski definition) is 6. The molecule has 4 heterocycles. The van der Waals surface area contributed by atoms with Crippen molar-refractivity contribution in [3.63, 3.8) is 0 Å². The highest BCUT2D eigenvalue weighted by Crippen LogP contribution is 2.34. The molecule has 6 rings (SSSR count). The van der Waals surface area contributed by atoms with Crippen LogP contribution in [0.25, 0.3) is 55.8 Å². The summed E-state index contributed by atoms with van der Waals surface area (Å²) in [4.78, 5) is 17.1. The minimum Gasteiger partial charge on any atom is -0.508 e. The summed E-state index contributed by atoms with van der Waals surface area (Å²) in [6.07, 6.45) is 5.31. The van der Waals surface area contributed by atoms with Crippen molar-refractivity contribution in [2.24, 2.45) is 0 Å². The number of anilines is 1. The van der Waals surface area contributed by atoms with Crippen LogP contribution < -0.4 is 5.32 Å². The van der Waals surface area contributed by atoms with Gasteiger partial charge in [-0.3, -0.25) is 15.1 Å². The first-order valence-electron chi connectivity index (χ1n) is 11.5. The smallest absolute Gasteiger partial charge is 0.159 e. The van der Waals surface area contributed by atoms with Gasteiger partial charge in [0.25, 0.3) is 0 Å². The molecule has 0 atom stereocenters. The van der Waals surface area contributed by atoms with Gasteiger partial charge in [-0.1, -0.05) is 12.1 Å². The van der Waals surface area contributed by atoms with Crippen molar-refractivity contribution in [2.45, 2.75) is 19.9 Å². The predicted octanol–water partition coefficient (Wildman–Crippen LogP) is 5.90. The zero-order chi connectivity index (χ0) is 24.8. The van der Waals surface area contributed by atoms with Gasteiger partial charge in [0.05, 0.1) is 34.1 Å². The zero-order valence-corrected chi connectivity index (χ0v) is 19.5. The van der Waals surface area contributed by atoms with Gasteiger partial charge in [0.15, 0.2) is 5.82 Å². The Balaban J connectivity index is 1.45. The number of H-pyrrole nitrogens is 2. The number of pyridine rings is 2. The molecular formula is C27H22FN7O. The van der Waals surface area contributed by atoms with E-state index in [1.807, 2.05) is 30.3 Å². The molecule has 0 unspecified atom stereocenters. The summed E-state index contributed by atoms with van der Waals surface area (Å²) in [6.45, 7) is 4.15. The summed E-state index contributed by atoms with van der Waals surface area (Å²) < 4.78 is 14.0. The summed E-state index contributed by atoms with van der Waals surface area (Å²) in [5.74, 6) is -0.0914. The topological polar surface area (TPSA) is 115 Å². The third kappa shape index (κ3) is 3.90. The molecule has 0 aliphatic carbocycles. The number of nitrogens with zero attached hydrogens (tertiary/aromatic N) is 4. The van der Waals surface area contributed by atoms with Crippen molar-refractivity contribution in [3.05, 3.63) is 72.9 Å². The largest absolute Gasteiger partial charge is 0.508 e. The molecule has 36 heavy (non-hydrogen) atoms. The molecule has 4 N–H and O–H groups in total. The molecule has 0 aliphatic rings. The number of aromatic hydroxyl groups is 1. The van der Waals surface area contributed by atoms with Crippen molar-refractivity contribution in [1.82, 2.24) is 30.1 Å². The van der Waals surface area contributed by atoms with E-state index in [4.69, 9.17) is 4.98 Å². The summed E-state index contributed by atoms with van der Waals surface area (Å²) in [5, 5.41) is 21.6. The molecule has 178 valence electrons. The number of phenolic OH excluding ortho intramolecular Hbond substituents is 1. The van der Waals surface area contributed by atoms with E-state index in [-0.39, 0.29) is 11.8 Å². The number of fused-ring (bicyclic) bond motifs is 2. The molecule has 0 aliphatic heterocycles. The molecule has 0 amide bonds. The molecule has 0 saturated carbocycles. The number of aromatic amines is 2. The number of nitrogens with one attached hydrogen (secondary N) is 3. The van der Waals surface area contributed by atoms with E-state index in [2.05, 4.69) is 44.3 Å². The summed E-state index contributed by atoms with van der Waals surface area (Å²) in [5.41, 5.74) is 6.64. The van der Waals surface area contributed by atoms with Crippen molar-refractivity contribution >= 4 is 27.6 Å². The second-order valence-corrected chi connectivity index (χ2v) is 8.93. The normalized spacial score (nSPS) is 11.6. The molecular weight excluding hydrogens is 457 g/mol. The molecule has 0 saturated heterocycles. The van der Waals surface area contributed by atoms with E-state index >= 15 is 0 Å². The van der Waals surface area contributed by atoms with E-state index in [0.717, 1.165) is 39.4 Å². The van der Waals surface area contributed by atoms with Gasteiger partial charge in [0.2, 0.25) is 0 Å². The molecule has 0 radical (unpaired) electrons. The fourth-order valence-corrected chi connectivity index (χ4v) is 4.35. The number of phenols is 1. The Hall–Kier alpha value is -4.79. The predicted molar refractivity (Wildman–Crippen MR) is 138 cm³/mol. The number of imidazole rings is 1. The highest BCUT2D eigenvalue weighted by atomic mass is 19.1. The van der Waals surface area contributed by atoms with Gasteiger partial charge in [-0.2, -0.15) is 5.10 Å². The van der Waals surface area contributed by atoms with Crippen molar-refractivity contribution in [3.8, 4) is 39.7 Å². The number of aromatic nitrogens is 6. The zero-order valence-electron chi connectivity index (χ0n) is 19.5. The maximum Gasteiger partial charge on any atom is 0.159 e. The van der Waals surface area contributed by atoms with Crippen LogP contribution in [0.2, 0.25) is 0 Å². The van der Waals surface area contributed by atoms with Crippen molar-refractivity contribution in [2.75, 3.05) is 5.32 Å². The maximum absolute atomic E-state index is 14.0. The lowest BCUT2D eigenvalue weighted by Gasteiger charge is -2.10. The molecule has 6 aromatic rings. The summed E-state index contributed by atoms with van der Waals surface area (Å²) in [7, 11) is 0. The Labute approximate surface area is 205 Å². The first kappa shape index (κ1) is 21.7. The van der Waals surface area contributed by atoms with E-state index in [1.165, 1.54) is 12.1 Å². The summed E-state index contributed by atoms with van der Waals surface area (Å²) in [6, 6.07) is 13.8. The van der Waals surface area contributed by atoms with Gasteiger partial charge in [-0.15, -0.1) is 0 Å². The van der Waals surface area contributed by atoms with E-state index in [9.17, 15) is 9.50 Å². The van der Waals surface area contributed by atoms with Crippen LogP contribution in [0.4, 0.5) is 10.1 Å². The first-order chi connectivity index (χ1) is 17.4. The molecule has 0 spiro atoms. The second kappa shape index (κ2) is 8.46. The van der Waals surface area contributed by atoms with Crippen LogP contribution in [0.15, 0.2) is 67.1 Å². The molecule has 2 aromatic carbocycles. The van der Waals surface area contributed by atoms with Crippen LogP contribution in [0.5, 0.6) is 5.75 Å². The minimum atomic E-state index is -0.516. The van der Waals surface area contributed by atoms with Gasteiger partial charge in [-0.25, -0.2) is 9.37 Å². The van der Waals surface area contributed by atoms with Crippen molar-refractivity contribution < 1.29 is 9.50 Å². The van der Waals surface area contributed by atoms with Gasteiger partial charge in [0, 0.05) is 41.0 Å². The number of halogens is 1. The third-order valence-electron chi connectivity index (χ3n) is 5.87. The minimum absolute atomic E-state index is 0.141. The second-order valence-electron chi connectivity index (χ2n) is 8.93. The van der Waals surface area contributed by atoms with Crippen LogP contribution in [-0.2, 0) is 0 Å². The SMILES string of the molecule is CC(C)Nc1cncc(-c2cc3c(-c4nc5c(-c6cc(O)cc(F)c6)cccc5[nH]4)n[nH]c3cn2)c1. The molecule has 8 nitrogen and oxygen atoms in total. The fourth-order valence-electron chi connectivity index (χ4n) is 4.35. The lowest BCUT2D eigenvalue weighted by molar-refractivity contribution is 0.469. The molecule has 4 aromatic heterocycles. The third-order valence-corrected chi connectivity index (χ3v) is 5.87. The Morgan fingerprint density at radius 1 is 0.972 bits per heavy atom. The molecule has 0 bridgehead atoms.